The fourth-order valence-electron chi connectivity index (χ4n) is 3.24. The molecule has 0 aromatic heterocycles. The van der Waals surface area contributed by atoms with Crippen molar-refractivity contribution in [3.05, 3.63) is 34.9 Å². The minimum absolute atomic E-state index is 0.470. The van der Waals surface area contributed by atoms with Crippen molar-refractivity contribution in [1.82, 2.24) is 5.32 Å². The van der Waals surface area contributed by atoms with Crippen molar-refractivity contribution in [3.63, 3.8) is 0 Å². The Morgan fingerprint density at radius 2 is 1.84 bits per heavy atom. The zero-order valence-electron chi connectivity index (χ0n) is 12.2. The molecule has 0 radical (unpaired) electrons. The molecule has 2 heteroatoms. The van der Waals surface area contributed by atoms with Crippen molar-refractivity contribution in [2.75, 3.05) is 0 Å². The zero-order chi connectivity index (χ0) is 13.7. The van der Waals surface area contributed by atoms with Gasteiger partial charge in [0.15, 0.2) is 0 Å². The molecule has 1 saturated carbocycles. The van der Waals surface area contributed by atoms with E-state index in [1.54, 1.807) is 0 Å². The van der Waals surface area contributed by atoms with Crippen molar-refractivity contribution in [2.24, 2.45) is 5.92 Å². The quantitative estimate of drug-likeness (QED) is 0.740. The lowest BCUT2D eigenvalue weighted by Gasteiger charge is -2.27. The largest absolute Gasteiger partial charge is 0.307 e. The van der Waals surface area contributed by atoms with Gasteiger partial charge in [0, 0.05) is 17.1 Å². The van der Waals surface area contributed by atoms with Crippen LogP contribution < -0.4 is 5.32 Å². The summed E-state index contributed by atoms with van der Waals surface area (Å²) in [5.41, 5.74) is 1.37. The minimum Gasteiger partial charge on any atom is -0.307 e. The van der Waals surface area contributed by atoms with E-state index in [1.165, 1.54) is 44.1 Å². The van der Waals surface area contributed by atoms with E-state index in [2.05, 4.69) is 31.3 Å². The third-order valence-electron chi connectivity index (χ3n) is 4.42. The molecule has 2 atom stereocenters. The molecule has 1 nitrogen and oxygen atoms in total. The summed E-state index contributed by atoms with van der Waals surface area (Å²) >= 11 is 5.98. The zero-order valence-corrected chi connectivity index (χ0v) is 12.9. The van der Waals surface area contributed by atoms with Gasteiger partial charge in [-0.25, -0.2) is 0 Å². The molecule has 0 saturated heterocycles. The highest BCUT2D eigenvalue weighted by atomic mass is 35.5. The van der Waals surface area contributed by atoms with Crippen LogP contribution >= 0.6 is 11.6 Å². The second-order valence-corrected chi connectivity index (χ2v) is 6.33. The molecule has 1 aliphatic rings. The maximum Gasteiger partial charge on any atom is 0.0406 e. The molecule has 0 aliphatic heterocycles. The van der Waals surface area contributed by atoms with Gasteiger partial charge in [0.25, 0.3) is 0 Å². The topological polar surface area (TPSA) is 12.0 Å². The van der Waals surface area contributed by atoms with Crippen LogP contribution in [0, 0.1) is 5.92 Å². The fourth-order valence-corrected chi connectivity index (χ4v) is 3.37. The van der Waals surface area contributed by atoms with Gasteiger partial charge in [-0.05, 0) is 49.8 Å². The van der Waals surface area contributed by atoms with Crippen LogP contribution in [0.1, 0.15) is 64.0 Å². The van der Waals surface area contributed by atoms with E-state index in [0.717, 1.165) is 10.9 Å². The molecule has 106 valence electrons. The lowest BCUT2D eigenvalue weighted by molar-refractivity contribution is 0.333. The summed E-state index contributed by atoms with van der Waals surface area (Å²) in [7, 11) is 0. The van der Waals surface area contributed by atoms with Crippen LogP contribution in [-0.4, -0.2) is 6.04 Å². The predicted molar refractivity (Wildman–Crippen MR) is 83.7 cm³/mol. The summed E-state index contributed by atoms with van der Waals surface area (Å²) in [5, 5.41) is 4.67. The third-order valence-corrected chi connectivity index (χ3v) is 4.67. The summed E-state index contributed by atoms with van der Waals surface area (Å²) in [4.78, 5) is 0. The predicted octanol–water partition coefficient (Wildman–Crippen LogP) is 5.35. The number of nitrogens with one attached hydrogen (secondary N) is 1. The number of hydrogen-bond donors (Lipinski definition) is 1. The maximum atomic E-state index is 5.98. The van der Waals surface area contributed by atoms with E-state index in [9.17, 15) is 0 Å². The summed E-state index contributed by atoms with van der Waals surface area (Å²) in [6.07, 6.45) is 8.02. The molecule has 0 heterocycles. The van der Waals surface area contributed by atoms with Gasteiger partial charge < -0.3 is 5.32 Å². The van der Waals surface area contributed by atoms with Gasteiger partial charge in [-0.2, -0.15) is 0 Å². The summed E-state index contributed by atoms with van der Waals surface area (Å²) in [6, 6.07) is 9.42. The smallest absolute Gasteiger partial charge is 0.0406 e. The van der Waals surface area contributed by atoms with E-state index in [0.29, 0.717) is 12.1 Å². The van der Waals surface area contributed by atoms with Crippen molar-refractivity contribution >= 4 is 11.6 Å². The first-order valence-electron chi connectivity index (χ1n) is 7.72. The monoisotopic (exact) mass is 279 g/mol. The van der Waals surface area contributed by atoms with E-state index < -0.39 is 0 Å². The van der Waals surface area contributed by atoms with Gasteiger partial charge in [-0.1, -0.05) is 49.9 Å². The lowest BCUT2D eigenvalue weighted by atomic mass is 9.95. The van der Waals surface area contributed by atoms with Gasteiger partial charge in [0.1, 0.15) is 0 Å². The second-order valence-electron chi connectivity index (χ2n) is 5.89. The highest BCUT2D eigenvalue weighted by Crippen LogP contribution is 2.30. The Labute approximate surface area is 122 Å². The second kappa shape index (κ2) is 7.31. The third kappa shape index (κ3) is 4.22. The Hall–Kier alpha value is -0.530. The lowest BCUT2D eigenvalue weighted by Crippen LogP contribution is -2.35. The van der Waals surface area contributed by atoms with Crippen LogP contribution in [0.3, 0.4) is 0 Å². The SMILES string of the molecule is CCCC(NC(C)C1CCCC1)c1ccc(Cl)cc1. The molecule has 1 aliphatic carbocycles. The highest BCUT2D eigenvalue weighted by Gasteiger charge is 2.23. The van der Waals surface area contributed by atoms with Gasteiger partial charge >= 0.3 is 0 Å². The van der Waals surface area contributed by atoms with Crippen LogP contribution in [0.4, 0.5) is 0 Å². The molecular weight excluding hydrogens is 254 g/mol. The maximum absolute atomic E-state index is 5.98. The van der Waals surface area contributed by atoms with Gasteiger partial charge in [0.05, 0.1) is 0 Å². The van der Waals surface area contributed by atoms with Crippen LogP contribution in [0.5, 0.6) is 0 Å². The molecule has 0 amide bonds. The number of hydrogen-bond acceptors (Lipinski definition) is 1. The Balaban J connectivity index is 2.00. The molecule has 1 fully saturated rings. The van der Waals surface area contributed by atoms with Crippen LogP contribution in [0.2, 0.25) is 5.02 Å². The first-order chi connectivity index (χ1) is 9.20. The Morgan fingerprint density at radius 3 is 2.42 bits per heavy atom. The van der Waals surface area contributed by atoms with Crippen molar-refractivity contribution in [1.29, 1.82) is 0 Å². The Bertz CT molecular complexity index is 367. The average Bonchev–Trinajstić information content (AvgIpc) is 2.93. The molecule has 1 aromatic rings. The fraction of sp³-hybridized carbons (Fsp3) is 0.647. The average molecular weight is 280 g/mol. The summed E-state index contributed by atoms with van der Waals surface area (Å²) < 4.78 is 0. The molecular formula is C17H26ClN. The van der Waals surface area contributed by atoms with E-state index >= 15 is 0 Å². The molecule has 1 N–H and O–H groups in total. The minimum atomic E-state index is 0.470. The van der Waals surface area contributed by atoms with Crippen molar-refractivity contribution in [2.45, 2.75) is 64.5 Å². The normalized spacial score (nSPS) is 19.5. The first kappa shape index (κ1) is 14.9. The molecule has 2 rings (SSSR count). The molecule has 19 heavy (non-hydrogen) atoms. The van der Waals surface area contributed by atoms with E-state index in [-0.39, 0.29) is 0 Å². The number of rotatable bonds is 6. The number of benzene rings is 1. The number of halogens is 1. The van der Waals surface area contributed by atoms with Gasteiger partial charge in [-0.15, -0.1) is 0 Å². The van der Waals surface area contributed by atoms with Crippen LogP contribution in [0.15, 0.2) is 24.3 Å². The van der Waals surface area contributed by atoms with E-state index in [1.807, 2.05) is 12.1 Å². The Morgan fingerprint density at radius 1 is 1.21 bits per heavy atom. The van der Waals surface area contributed by atoms with Crippen molar-refractivity contribution < 1.29 is 0 Å². The van der Waals surface area contributed by atoms with Crippen LogP contribution in [-0.2, 0) is 0 Å². The first-order valence-corrected chi connectivity index (χ1v) is 8.10. The summed E-state index contributed by atoms with van der Waals surface area (Å²) in [5.74, 6) is 0.867. The Kier molecular flexibility index (Phi) is 5.72. The van der Waals surface area contributed by atoms with Gasteiger partial charge in [-0.3, -0.25) is 0 Å². The standard InChI is InChI=1S/C17H26ClN/c1-3-6-17(15-9-11-16(18)12-10-15)19-13(2)14-7-4-5-8-14/h9-14,17,19H,3-8H2,1-2H3. The summed E-state index contributed by atoms with van der Waals surface area (Å²) in [6.45, 7) is 4.61. The molecule has 1 aromatic carbocycles. The van der Waals surface area contributed by atoms with Crippen LogP contribution in [0.25, 0.3) is 0 Å². The van der Waals surface area contributed by atoms with E-state index in [4.69, 9.17) is 11.6 Å². The molecule has 2 unspecified atom stereocenters. The molecule has 0 bridgehead atoms. The van der Waals surface area contributed by atoms with Gasteiger partial charge in [0.2, 0.25) is 0 Å². The van der Waals surface area contributed by atoms with Crippen molar-refractivity contribution in [3.8, 4) is 0 Å². The highest BCUT2D eigenvalue weighted by molar-refractivity contribution is 6.30. The molecule has 0 spiro atoms.